The Balaban J connectivity index is 1.85. The normalized spacial score (nSPS) is 17.2. The molecular weight excluding hydrogens is 444 g/mol. The fraction of sp³-hybridized carbons (Fsp3) is 0.292. The second kappa shape index (κ2) is 9.15. The number of methoxy groups -OCH3 is 1. The SMILES string of the molecule is CCOc1cc([C@@H]2c3c(C)nn(C)c3NC(=O)[C@H]2NC(=O)c2ccccc2)cc(Cl)c1OC. The molecule has 3 aromatic rings. The van der Waals surface area contributed by atoms with Gasteiger partial charge in [0, 0.05) is 24.1 Å². The predicted octanol–water partition coefficient (Wildman–Crippen LogP) is 3.67. The van der Waals surface area contributed by atoms with Crippen molar-refractivity contribution in [3.05, 3.63) is 69.9 Å². The molecule has 2 heterocycles. The van der Waals surface area contributed by atoms with Crippen LogP contribution in [0.3, 0.4) is 0 Å². The van der Waals surface area contributed by atoms with Gasteiger partial charge in [0.1, 0.15) is 11.9 Å². The number of aromatic nitrogens is 2. The number of ether oxygens (including phenoxy) is 2. The lowest BCUT2D eigenvalue weighted by molar-refractivity contribution is -0.118. The summed E-state index contributed by atoms with van der Waals surface area (Å²) >= 11 is 6.53. The van der Waals surface area contributed by atoms with Crippen molar-refractivity contribution in [1.82, 2.24) is 15.1 Å². The molecule has 2 atom stereocenters. The molecule has 2 amide bonds. The number of benzene rings is 2. The lowest BCUT2D eigenvalue weighted by atomic mass is 9.81. The number of carbonyl (C=O) groups excluding carboxylic acids is 2. The molecule has 0 spiro atoms. The van der Waals surface area contributed by atoms with Crippen LogP contribution in [-0.4, -0.2) is 41.4 Å². The number of aryl methyl sites for hydroxylation is 2. The molecule has 8 nitrogen and oxygen atoms in total. The van der Waals surface area contributed by atoms with Crippen LogP contribution in [0.25, 0.3) is 0 Å². The van der Waals surface area contributed by atoms with Crippen LogP contribution in [0.1, 0.15) is 40.0 Å². The standard InChI is InChI=1S/C24H25ClN4O4/c1-5-33-17-12-15(11-16(25)21(17)32-4)19-18-13(2)28-29(3)22(18)27-24(31)20(19)26-23(30)14-9-7-6-8-10-14/h6-12,19-20H,5H2,1-4H3,(H,26,30)(H,27,31)/t19-,20+/m1/s1. The number of halogens is 1. The first kappa shape index (κ1) is 22.7. The number of hydrogen-bond donors (Lipinski definition) is 2. The molecule has 0 unspecified atom stereocenters. The zero-order valence-corrected chi connectivity index (χ0v) is 19.6. The summed E-state index contributed by atoms with van der Waals surface area (Å²) in [5.74, 6) is 0.218. The number of carbonyl (C=O) groups is 2. The minimum absolute atomic E-state index is 0.343. The second-order valence-corrected chi connectivity index (χ2v) is 8.13. The fourth-order valence-corrected chi connectivity index (χ4v) is 4.55. The zero-order valence-electron chi connectivity index (χ0n) is 18.8. The van der Waals surface area contributed by atoms with Gasteiger partial charge in [0.2, 0.25) is 5.91 Å². The summed E-state index contributed by atoms with van der Waals surface area (Å²) < 4.78 is 12.8. The molecule has 1 aromatic heterocycles. The number of rotatable bonds is 6. The monoisotopic (exact) mass is 468 g/mol. The largest absolute Gasteiger partial charge is 0.491 e. The molecule has 0 bridgehead atoms. The van der Waals surface area contributed by atoms with E-state index in [1.807, 2.05) is 19.9 Å². The van der Waals surface area contributed by atoms with Crippen LogP contribution in [0.5, 0.6) is 11.5 Å². The highest BCUT2D eigenvalue weighted by Crippen LogP contribution is 2.44. The second-order valence-electron chi connectivity index (χ2n) is 7.72. The Morgan fingerprint density at radius 2 is 2.00 bits per heavy atom. The highest BCUT2D eigenvalue weighted by Gasteiger charge is 2.41. The summed E-state index contributed by atoms with van der Waals surface area (Å²) in [5, 5.41) is 10.6. The summed E-state index contributed by atoms with van der Waals surface area (Å²) in [4.78, 5) is 26.2. The number of anilines is 1. The van der Waals surface area contributed by atoms with Crippen LogP contribution < -0.4 is 20.1 Å². The van der Waals surface area contributed by atoms with Gasteiger partial charge in [0.15, 0.2) is 11.5 Å². The third-order valence-corrected chi connectivity index (χ3v) is 5.94. The Morgan fingerprint density at radius 3 is 2.67 bits per heavy atom. The molecule has 1 aliphatic heterocycles. The van der Waals surface area contributed by atoms with E-state index < -0.39 is 12.0 Å². The van der Waals surface area contributed by atoms with Crippen molar-refractivity contribution < 1.29 is 19.1 Å². The number of nitrogens with one attached hydrogen (secondary N) is 2. The molecule has 33 heavy (non-hydrogen) atoms. The smallest absolute Gasteiger partial charge is 0.251 e. The maximum absolute atomic E-state index is 13.2. The van der Waals surface area contributed by atoms with Crippen LogP contribution in [0.15, 0.2) is 42.5 Å². The molecule has 1 aliphatic rings. The van der Waals surface area contributed by atoms with Gasteiger partial charge in [0.25, 0.3) is 5.91 Å². The topological polar surface area (TPSA) is 94.5 Å². The van der Waals surface area contributed by atoms with E-state index in [0.29, 0.717) is 40.1 Å². The molecule has 172 valence electrons. The van der Waals surface area contributed by atoms with Gasteiger partial charge in [-0.2, -0.15) is 5.10 Å². The van der Waals surface area contributed by atoms with E-state index in [0.717, 1.165) is 11.3 Å². The highest BCUT2D eigenvalue weighted by atomic mass is 35.5. The zero-order chi connectivity index (χ0) is 23.7. The summed E-state index contributed by atoms with van der Waals surface area (Å²) in [6, 6.07) is 11.4. The molecule has 0 fully saturated rings. The van der Waals surface area contributed by atoms with Crippen LogP contribution in [0.4, 0.5) is 5.82 Å². The fourth-order valence-electron chi connectivity index (χ4n) is 4.26. The maximum atomic E-state index is 13.2. The lowest BCUT2D eigenvalue weighted by Crippen LogP contribution is -2.50. The summed E-state index contributed by atoms with van der Waals surface area (Å²) in [6.45, 7) is 4.14. The van der Waals surface area contributed by atoms with Crippen LogP contribution >= 0.6 is 11.6 Å². The van der Waals surface area contributed by atoms with Crippen LogP contribution in [-0.2, 0) is 11.8 Å². The number of fused-ring (bicyclic) bond motifs is 1. The van der Waals surface area contributed by atoms with Crippen LogP contribution in [0.2, 0.25) is 5.02 Å². The van der Waals surface area contributed by atoms with Crippen LogP contribution in [0, 0.1) is 6.92 Å². The Kier molecular flexibility index (Phi) is 6.29. The van der Waals surface area contributed by atoms with E-state index in [9.17, 15) is 9.59 Å². The van der Waals surface area contributed by atoms with Gasteiger partial charge in [-0.3, -0.25) is 14.3 Å². The van der Waals surface area contributed by atoms with Crippen molar-refractivity contribution in [3.8, 4) is 11.5 Å². The molecule has 2 N–H and O–H groups in total. The maximum Gasteiger partial charge on any atom is 0.251 e. The van der Waals surface area contributed by atoms with Gasteiger partial charge in [0.05, 0.1) is 24.4 Å². The average Bonchev–Trinajstić information content (AvgIpc) is 3.07. The molecule has 0 saturated heterocycles. The number of amides is 2. The van der Waals surface area contributed by atoms with E-state index in [2.05, 4.69) is 15.7 Å². The Hall–Kier alpha value is -3.52. The minimum atomic E-state index is -0.896. The first-order valence-electron chi connectivity index (χ1n) is 10.6. The lowest BCUT2D eigenvalue weighted by Gasteiger charge is -2.33. The van der Waals surface area contributed by atoms with Crippen molar-refractivity contribution in [2.45, 2.75) is 25.8 Å². The predicted molar refractivity (Wildman–Crippen MR) is 125 cm³/mol. The average molecular weight is 469 g/mol. The molecule has 0 saturated carbocycles. The van der Waals surface area contributed by atoms with Crippen molar-refractivity contribution in [2.24, 2.45) is 7.05 Å². The quantitative estimate of drug-likeness (QED) is 0.575. The number of nitrogens with zero attached hydrogens (tertiary/aromatic N) is 2. The van der Waals surface area contributed by atoms with E-state index >= 15 is 0 Å². The van der Waals surface area contributed by atoms with E-state index in [-0.39, 0.29) is 11.8 Å². The van der Waals surface area contributed by atoms with Gasteiger partial charge >= 0.3 is 0 Å². The minimum Gasteiger partial charge on any atom is -0.491 e. The molecular formula is C24H25ClN4O4. The molecule has 0 radical (unpaired) electrons. The van der Waals surface area contributed by atoms with Gasteiger partial charge in [-0.15, -0.1) is 0 Å². The van der Waals surface area contributed by atoms with Gasteiger partial charge in [-0.1, -0.05) is 29.8 Å². The van der Waals surface area contributed by atoms with E-state index in [4.69, 9.17) is 21.1 Å². The Labute approximate surface area is 196 Å². The molecule has 2 aromatic carbocycles. The van der Waals surface area contributed by atoms with Gasteiger partial charge < -0.3 is 20.1 Å². The van der Waals surface area contributed by atoms with Gasteiger partial charge in [-0.05, 0) is 43.7 Å². The molecule has 4 rings (SSSR count). The van der Waals surface area contributed by atoms with E-state index in [1.165, 1.54) is 7.11 Å². The summed E-state index contributed by atoms with van der Waals surface area (Å²) in [5.41, 5.74) is 2.70. The summed E-state index contributed by atoms with van der Waals surface area (Å²) in [6.07, 6.45) is 0. The van der Waals surface area contributed by atoms with Crippen molar-refractivity contribution >= 4 is 29.2 Å². The van der Waals surface area contributed by atoms with Crippen molar-refractivity contribution in [2.75, 3.05) is 19.0 Å². The van der Waals surface area contributed by atoms with Crippen molar-refractivity contribution in [3.63, 3.8) is 0 Å². The first-order valence-corrected chi connectivity index (χ1v) is 10.9. The molecule has 0 aliphatic carbocycles. The molecule has 9 heteroatoms. The third-order valence-electron chi connectivity index (χ3n) is 5.65. The van der Waals surface area contributed by atoms with Crippen molar-refractivity contribution in [1.29, 1.82) is 0 Å². The number of hydrogen-bond acceptors (Lipinski definition) is 5. The first-order chi connectivity index (χ1) is 15.8. The highest BCUT2D eigenvalue weighted by molar-refractivity contribution is 6.32. The van der Waals surface area contributed by atoms with E-state index in [1.54, 1.807) is 48.1 Å². The Morgan fingerprint density at radius 1 is 1.27 bits per heavy atom. The summed E-state index contributed by atoms with van der Waals surface area (Å²) in [7, 11) is 3.28. The Bertz CT molecular complexity index is 1210. The third kappa shape index (κ3) is 4.14. The van der Waals surface area contributed by atoms with Gasteiger partial charge in [-0.25, -0.2) is 0 Å².